The van der Waals surface area contributed by atoms with Gasteiger partial charge in [-0.25, -0.2) is 4.39 Å². The second kappa shape index (κ2) is 4.90. The van der Waals surface area contributed by atoms with E-state index in [0.717, 1.165) is 16.9 Å². The maximum Gasteiger partial charge on any atom is 0.166 e. The monoisotopic (exact) mass is 220 g/mol. The van der Waals surface area contributed by atoms with Crippen LogP contribution >= 0.6 is 0 Å². The fourth-order valence-electron chi connectivity index (χ4n) is 1.53. The number of aromatic nitrogens is 1. The Hall–Kier alpha value is -1.68. The highest BCUT2D eigenvalue weighted by Crippen LogP contribution is 2.19. The summed E-state index contributed by atoms with van der Waals surface area (Å²) in [4.78, 5) is 0. The van der Waals surface area contributed by atoms with Crippen LogP contribution in [0, 0.1) is 0 Å². The summed E-state index contributed by atoms with van der Waals surface area (Å²) in [6.07, 6.45) is 2.15. The molecule has 4 heteroatoms. The van der Waals surface area contributed by atoms with Gasteiger partial charge < -0.3 is 10.3 Å². The maximum atomic E-state index is 12.2. The molecule has 84 valence electrons. The standard InChI is InChI=1S/C12H13FN2O/c13-8-11(14)7-9-1-3-10(4-2-9)12-5-6-15-16-12/h1-6,11H,7-8,14H2/t11-/m0/s1. The lowest BCUT2D eigenvalue weighted by atomic mass is 10.0. The van der Waals surface area contributed by atoms with Gasteiger partial charge >= 0.3 is 0 Å². The predicted molar refractivity (Wildman–Crippen MR) is 59.6 cm³/mol. The number of nitrogens with zero attached hydrogens (tertiary/aromatic N) is 1. The van der Waals surface area contributed by atoms with E-state index >= 15 is 0 Å². The highest BCUT2D eigenvalue weighted by atomic mass is 19.1. The van der Waals surface area contributed by atoms with Crippen molar-refractivity contribution in [3.05, 3.63) is 42.1 Å². The highest BCUT2D eigenvalue weighted by Gasteiger charge is 2.05. The lowest BCUT2D eigenvalue weighted by Gasteiger charge is -2.06. The van der Waals surface area contributed by atoms with Crippen molar-refractivity contribution < 1.29 is 8.91 Å². The molecule has 1 heterocycles. The third kappa shape index (κ3) is 2.46. The molecular formula is C12H13FN2O. The summed E-state index contributed by atoms with van der Waals surface area (Å²) in [5, 5.41) is 3.64. The summed E-state index contributed by atoms with van der Waals surface area (Å²) in [6.45, 7) is -0.496. The Morgan fingerprint density at radius 3 is 2.56 bits per heavy atom. The largest absolute Gasteiger partial charge is 0.356 e. The average Bonchev–Trinajstić information content (AvgIpc) is 2.83. The van der Waals surface area contributed by atoms with Gasteiger partial charge in [0.15, 0.2) is 5.76 Å². The van der Waals surface area contributed by atoms with E-state index in [1.54, 1.807) is 12.3 Å². The van der Waals surface area contributed by atoms with Crippen LogP contribution in [0.15, 0.2) is 41.1 Å². The van der Waals surface area contributed by atoms with Crippen molar-refractivity contribution in [2.24, 2.45) is 5.73 Å². The highest BCUT2D eigenvalue weighted by molar-refractivity contribution is 5.56. The molecule has 16 heavy (non-hydrogen) atoms. The molecule has 3 nitrogen and oxygen atoms in total. The van der Waals surface area contributed by atoms with E-state index in [0.29, 0.717) is 6.42 Å². The Labute approximate surface area is 93.1 Å². The molecule has 0 aliphatic rings. The number of nitrogens with two attached hydrogens (primary N) is 1. The number of benzene rings is 1. The topological polar surface area (TPSA) is 52.0 Å². The molecule has 0 amide bonds. The van der Waals surface area contributed by atoms with Crippen LogP contribution < -0.4 is 5.73 Å². The van der Waals surface area contributed by atoms with Crippen molar-refractivity contribution in [3.8, 4) is 11.3 Å². The lowest BCUT2D eigenvalue weighted by Crippen LogP contribution is -2.24. The second-order valence-electron chi connectivity index (χ2n) is 3.69. The molecule has 0 fully saturated rings. The van der Waals surface area contributed by atoms with E-state index in [1.807, 2.05) is 24.3 Å². The van der Waals surface area contributed by atoms with Crippen molar-refractivity contribution in [3.63, 3.8) is 0 Å². The molecule has 0 unspecified atom stereocenters. The van der Waals surface area contributed by atoms with E-state index in [1.165, 1.54) is 0 Å². The molecule has 1 atom stereocenters. The van der Waals surface area contributed by atoms with Gasteiger partial charge in [0, 0.05) is 17.7 Å². The van der Waals surface area contributed by atoms with Crippen LogP contribution in [0.25, 0.3) is 11.3 Å². The third-order valence-electron chi connectivity index (χ3n) is 2.37. The molecule has 1 aromatic heterocycles. The number of halogens is 1. The minimum absolute atomic E-state index is 0.420. The minimum atomic E-state index is -0.496. The number of alkyl halides is 1. The SMILES string of the molecule is N[C@H](CF)Cc1ccc(-c2ccno2)cc1. The summed E-state index contributed by atoms with van der Waals surface area (Å²) in [7, 11) is 0. The van der Waals surface area contributed by atoms with Crippen molar-refractivity contribution >= 4 is 0 Å². The van der Waals surface area contributed by atoms with Crippen LogP contribution in [-0.2, 0) is 6.42 Å². The molecule has 0 spiro atoms. The molecule has 0 aliphatic heterocycles. The van der Waals surface area contributed by atoms with Crippen LogP contribution in [0.4, 0.5) is 4.39 Å². The van der Waals surface area contributed by atoms with Gasteiger partial charge in [0.05, 0.1) is 6.20 Å². The van der Waals surface area contributed by atoms with Crippen LogP contribution in [-0.4, -0.2) is 17.9 Å². The fourth-order valence-corrected chi connectivity index (χ4v) is 1.53. The Kier molecular flexibility index (Phi) is 3.31. The molecule has 0 aliphatic carbocycles. The van der Waals surface area contributed by atoms with E-state index in [4.69, 9.17) is 10.3 Å². The molecule has 0 bridgehead atoms. The first-order valence-electron chi connectivity index (χ1n) is 5.11. The zero-order valence-electron chi connectivity index (χ0n) is 8.77. The van der Waals surface area contributed by atoms with Crippen molar-refractivity contribution in [2.75, 3.05) is 6.67 Å². The first kappa shape index (κ1) is 10.8. The summed E-state index contributed by atoms with van der Waals surface area (Å²) >= 11 is 0. The molecule has 0 saturated heterocycles. The summed E-state index contributed by atoms with van der Waals surface area (Å²) in [5.41, 5.74) is 7.51. The number of hydrogen-bond donors (Lipinski definition) is 1. The predicted octanol–water partition coefficient (Wildman–Crippen LogP) is 2.18. The van der Waals surface area contributed by atoms with Crippen molar-refractivity contribution in [1.82, 2.24) is 5.16 Å². The third-order valence-corrected chi connectivity index (χ3v) is 2.37. The van der Waals surface area contributed by atoms with E-state index in [9.17, 15) is 4.39 Å². The first-order chi connectivity index (χ1) is 7.79. The van der Waals surface area contributed by atoms with Gasteiger partial charge in [-0.05, 0) is 12.0 Å². The smallest absolute Gasteiger partial charge is 0.166 e. The Bertz CT molecular complexity index is 425. The maximum absolute atomic E-state index is 12.2. The van der Waals surface area contributed by atoms with Gasteiger partial charge in [-0.2, -0.15) is 0 Å². The first-order valence-corrected chi connectivity index (χ1v) is 5.11. The van der Waals surface area contributed by atoms with Gasteiger partial charge in [-0.15, -0.1) is 0 Å². The van der Waals surface area contributed by atoms with Gasteiger partial charge in [0.2, 0.25) is 0 Å². The number of rotatable bonds is 4. The van der Waals surface area contributed by atoms with Crippen LogP contribution in [0.5, 0.6) is 0 Å². The quantitative estimate of drug-likeness (QED) is 0.859. The van der Waals surface area contributed by atoms with Crippen molar-refractivity contribution in [2.45, 2.75) is 12.5 Å². The average molecular weight is 220 g/mol. The van der Waals surface area contributed by atoms with Crippen molar-refractivity contribution in [1.29, 1.82) is 0 Å². The number of hydrogen-bond acceptors (Lipinski definition) is 3. The zero-order chi connectivity index (χ0) is 11.4. The molecular weight excluding hydrogens is 207 g/mol. The molecule has 0 saturated carbocycles. The van der Waals surface area contributed by atoms with Crippen LogP contribution in [0.2, 0.25) is 0 Å². The van der Waals surface area contributed by atoms with Crippen LogP contribution in [0.3, 0.4) is 0 Å². The zero-order valence-corrected chi connectivity index (χ0v) is 8.77. The molecule has 1 aromatic carbocycles. The molecule has 2 rings (SSSR count). The van der Waals surface area contributed by atoms with Gasteiger partial charge in [-0.3, -0.25) is 0 Å². The van der Waals surface area contributed by atoms with E-state index in [2.05, 4.69) is 5.16 Å². The summed E-state index contributed by atoms with van der Waals surface area (Å²) in [5.74, 6) is 0.723. The summed E-state index contributed by atoms with van der Waals surface area (Å²) in [6, 6.07) is 9.06. The Morgan fingerprint density at radius 2 is 2.00 bits per heavy atom. The Morgan fingerprint density at radius 1 is 1.25 bits per heavy atom. The molecule has 2 aromatic rings. The normalized spacial score (nSPS) is 12.6. The second-order valence-corrected chi connectivity index (χ2v) is 3.69. The van der Waals surface area contributed by atoms with Gasteiger partial charge in [-0.1, -0.05) is 29.4 Å². The summed E-state index contributed by atoms with van der Waals surface area (Å²) < 4.78 is 17.3. The Balaban J connectivity index is 2.11. The lowest BCUT2D eigenvalue weighted by molar-refractivity contribution is 0.427. The van der Waals surface area contributed by atoms with E-state index < -0.39 is 12.7 Å². The molecule has 0 radical (unpaired) electrons. The van der Waals surface area contributed by atoms with Crippen LogP contribution in [0.1, 0.15) is 5.56 Å². The van der Waals surface area contributed by atoms with Gasteiger partial charge in [0.1, 0.15) is 6.67 Å². The molecule has 2 N–H and O–H groups in total. The van der Waals surface area contributed by atoms with Gasteiger partial charge in [0.25, 0.3) is 0 Å². The van der Waals surface area contributed by atoms with E-state index in [-0.39, 0.29) is 0 Å². The fraction of sp³-hybridized carbons (Fsp3) is 0.250. The minimum Gasteiger partial charge on any atom is -0.356 e.